The quantitative estimate of drug-likeness (QED) is 0.866. The molecule has 0 saturated carbocycles. The largest absolute Gasteiger partial charge is 0.496 e. The van der Waals surface area contributed by atoms with Gasteiger partial charge in [0.15, 0.2) is 0 Å². The van der Waals surface area contributed by atoms with Gasteiger partial charge in [0.2, 0.25) is 0 Å². The number of nitrogens with two attached hydrogens (primary N) is 1. The Kier molecular flexibility index (Phi) is 5.83. The van der Waals surface area contributed by atoms with E-state index in [1.807, 2.05) is 12.1 Å². The van der Waals surface area contributed by atoms with Gasteiger partial charge in [-0.3, -0.25) is 4.90 Å². The molecule has 4 nitrogen and oxygen atoms in total. The van der Waals surface area contributed by atoms with Crippen molar-refractivity contribution < 1.29 is 9.47 Å². The fourth-order valence-electron chi connectivity index (χ4n) is 2.79. The van der Waals surface area contributed by atoms with E-state index in [1.165, 1.54) is 5.56 Å². The molecule has 1 aromatic rings. The third-order valence-electron chi connectivity index (χ3n) is 3.91. The number of hydrogen-bond donors (Lipinski definition) is 1. The molecule has 0 atom stereocenters. The lowest BCUT2D eigenvalue weighted by Crippen LogP contribution is -2.36. The minimum absolute atomic E-state index is 0.438. The summed E-state index contributed by atoms with van der Waals surface area (Å²) < 4.78 is 11.1. The van der Waals surface area contributed by atoms with Crippen molar-refractivity contribution in [3.8, 4) is 5.75 Å². The topological polar surface area (TPSA) is 47.7 Å². The van der Waals surface area contributed by atoms with Gasteiger partial charge < -0.3 is 15.2 Å². The van der Waals surface area contributed by atoms with Gasteiger partial charge in [-0.25, -0.2) is 0 Å². The van der Waals surface area contributed by atoms with Gasteiger partial charge in [0.05, 0.1) is 13.2 Å². The summed E-state index contributed by atoms with van der Waals surface area (Å²) in [7, 11) is 1.72. The minimum Gasteiger partial charge on any atom is -0.496 e. The Labute approximate surface area is 121 Å². The van der Waals surface area contributed by atoms with Crippen molar-refractivity contribution in [1.82, 2.24) is 4.90 Å². The molecule has 0 aromatic heterocycles. The normalized spacial score (nSPS) is 17.4. The molecule has 1 fully saturated rings. The highest BCUT2D eigenvalue weighted by Crippen LogP contribution is 2.23. The molecule has 0 bridgehead atoms. The van der Waals surface area contributed by atoms with Crippen LogP contribution in [0.1, 0.15) is 30.9 Å². The van der Waals surface area contributed by atoms with Crippen LogP contribution < -0.4 is 10.5 Å². The van der Waals surface area contributed by atoms with Crippen molar-refractivity contribution in [1.29, 1.82) is 0 Å². The maximum atomic E-state index is 5.72. The molecule has 1 aromatic carbocycles. The average molecular weight is 278 g/mol. The fraction of sp³-hybridized carbons (Fsp3) is 0.625. The molecule has 2 N–H and O–H groups in total. The molecule has 0 radical (unpaired) electrons. The van der Waals surface area contributed by atoms with E-state index in [9.17, 15) is 0 Å². The number of methoxy groups -OCH3 is 1. The van der Waals surface area contributed by atoms with Crippen molar-refractivity contribution in [2.24, 2.45) is 5.73 Å². The summed E-state index contributed by atoms with van der Waals surface area (Å²) in [5.41, 5.74) is 8.11. The molecule has 2 rings (SSSR count). The summed E-state index contributed by atoms with van der Waals surface area (Å²) in [6, 6.07) is 6.21. The van der Waals surface area contributed by atoms with Crippen LogP contribution in [0.2, 0.25) is 0 Å². The van der Waals surface area contributed by atoms with Crippen molar-refractivity contribution in [2.75, 3.05) is 26.8 Å². The van der Waals surface area contributed by atoms with Crippen molar-refractivity contribution >= 4 is 0 Å². The lowest BCUT2D eigenvalue weighted by molar-refractivity contribution is 0.0124. The van der Waals surface area contributed by atoms with E-state index < -0.39 is 0 Å². The Morgan fingerprint density at radius 2 is 2.05 bits per heavy atom. The van der Waals surface area contributed by atoms with E-state index in [0.717, 1.165) is 50.4 Å². The van der Waals surface area contributed by atoms with Crippen LogP contribution in [0, 0.1) is 0 Å². The number of piperidine rings is 1. The van der Waals surface area contributed by atoms with Crippen LogP contribution in [-0.2, 0) is 17.8 Å². The zero-order chi connectivity index (χ0) is 14.4. The summed E-state index contributed by atoms with van der Waals surface area (Å²) in [4.78, 5) is 2.47. The maximum Gasteiger partial charge on any atom is 0.123 e. The summed E-state index contributed by atoms with van der Waals surface area (Å²) in [6.45, 7) is 6.55. The first-order valence-corrected chi connectivity index (χ1v) is 7.46. The number of hydrogen-bond acceptors (Lipinski definition) is 4. The van der Waals surface area contributed by atoms with Gasteiger partial charge in [-0.05, 0) is 37.5 Å². The SMILES string of the molecule is CCOC1CCN(Cc2cc(CN)ccc2OC)CC1. The maximum absolute atomic E-state index is 5.72. The highest BCUT2D eigenvalue weighted by atomic mass is 16.5. The fourth-order valence-corrected chi connectivity index (χ4v) is 2.79. The van der Waals surface area contributed by atoms with E-state index in [4.69, 9.17) is 15.2 Å². The van der Waals surface area contributed by atoms with E-state index in [0.29, 0.717) is 12.6 Å². The van der Waals surface area contributed by atoms with Gasteiger partial charge in [-0.1, -0.05) is 6.07 Å². The molecular formula is C16H26N2O2. The zero-order valence-electron chi connectivity index (χ0n) is 12.6. The Bertz CT molecular complexity index is 415. The Balaban J connectivity index is 1.96. The third-order valence-corrected chi connectivity index (χ3v) is 3.91. The molecule has 1 heterocycles. The monoisotopic (exact) mass is 278 g/mol. The smallest absolute Gasteiger partial charge is 0.123 e. The van der Waals surface area contributed by atoms with Gasteiger partial charge in [0.25, 0.3) is 0 Å². The van der Waals surface area contributed by atoms with E-state index in [-0.39, 0.29) is 0 Å². The summed E-state index contributed by atoms with van der Waals surface area (Å²) in [5, 5.41) is 0. The van der Waals surface area contributed by atoms with Gasteiger partial charge in [-0.15, -0.1) is 0 Å². The highest BCUT2D eigenvalue weighted by Gasteiger charge is 2.20. The predicted octanol–water partition coefficient (Wildman–Crippen LogP) is 2.15. The Hall–Kier alpha value is -1.10. The van der Waals surface area contributed by atoms with Crippen LogP contribution in [0.15, 0.2) is 18.2 Å². The number of rotatable bonds is 6. The highest BCUT2D eigenvalue weighted by molar-refractivity contribution is 5.37. The van der Waals surface area contributed by atoms with Crippen molar-refractivity contribution in [3.63, 3.8) is 0 Å². The molecule has 1 aliphatic heterocycles. The second-order valence-corrected chi connectivity index (χ2v) is 5.28. The first-order valence-electron chi connectivity index (χ1n) is 7.46. The Morgan fingerprint density at radius 1 is 1.30 bits per heavy atom. The van der Waals surface area contributed by atoms with Gasteiger partial charge in [-0.2, -0.15) is 0 Å². The molecule has 0 amide bonds. The van der Waals surface area contributed by atoms with Crippen LogP contribution in [0.5, 0.6) is 5.75 Å². The van der Waals surface area contributed by atoms with E-state index in [2.05, 4.69) is 17.9 Å². The Morgan fingerprint density at radius 3 is 2.65 bits per heavy atom. The molecular weight excluding hydrogens is 252 g/mol. The van der Waals surface area contributed by atoms with E-state index >= 15 is 0 Å². The number of likely N-dealkylation sites (tertiary alicyclic amines) is 1. The minimum atomic E-state index is 0.438. The molecule has 112 valence electrons. The standard InChI is InChI=1S/C16H26N2O2/c1-3-20-15-6-8-18(9-7-15)12-14-10-13(11-17)4-5-16(14)19-2/h4-5,10,15H,3,6-9,11-12,17H2,1-2H3. The molecule has 20 heavy (non-hydrogen) atoms. The van der Waals surface area contributed by atoms with Crippen molar-refractivity contribution in [3.05, 3.63) is 29.3 Å². The lowest BCUT2D eigenvalue weighted by Gasteiger charge is -2.32. The summed E-state index contributed by atoms with van der Waals surface area (Å²) in [5.74, 6) is 0.953. The molecule has 0 unspecified atom stereocenters. The predicted molar refractivity (Wildman–Crippen MR) is 80.8 cm³/mol. The second-order valence-electron chi connectivity index (χ2n) is 5.28. The molecule has 1 saturated heterocycles. The number of benzene rings is 1. The summed E-state index contributed by atoms with van der Waals surface area (Å²) >= 11 is 0. The van der Waals surface area contributed by atoms with Crippen molar-refractivity contribution in [2.45, 2.75) is 39.0 Å². The summed E-state index contributed by atoms with van der Waals surface area (Å²) in [6.07, 6.45) is 2.67. The molecule has 0 aliphatic carbocycles. The second kappa shape index (κ2) is 7.62. The number of nitrogens with zero attached hydrogens (tertiary/aromatic N) is 1. The molecule has 0 spiro atoms. The third kappa shape index (κ3) is 3.95. The van der Waals surface area contributed by atoms with Gasteiger partial charge in [0.1, 0.15) is 5.75 Å². The number of ether oxygens (including phenoxy) is 2. The molecule has 4 heteroatoms. The van der Waals surface area contributed by atoms with E-state index in [1.54, 1.807) is 7.11 Å². The first-order chi connectivity index (χ1) is 9.76. The van der Waals surface area contributed by atoms with Crippen LogP contribution in [-0.4, -0.2) is 37.8 Å². The van der Waals surface area contributed by atoms with Gasteiger partial charge >= 0.3 is 0 Å². The van der Waals surface area contributed by atoms with Crippen LogP contribution in [0.3, 0.4) is 0 Å². The molecule has 1 aliphatic rings. The lowest BCUT2D eigenvalue weighted by atomic mass is 10.0. The first kappa shape index (κ1) is 15.3. The van der Waals surface area contributed by atoms with Crippen LogP contribution in [0.4, 0.5) is 0 Å². The average Bonchev–Trinajstić information content (AvgIpc) is 2.49. The van der Waals surface area contributed by atoms with Crippen LogP contribution >= 0.6 is 0 Å². The van der Waals surface area contributed by atoms with Gasteiger partial charge in [0, 0.05) is 38.3 Å². The zero-order valence-corrected chi connectivity index (χ0v) is 12.6. The van der Waals surface area contributed by atoms with Crippen LogP contribution in [0.25, 0.3) is 0 Å².